The van der Waals surface area contributed by atoms with Crippen LogP contribution in [0.5, 0.6) is 0 Å². The number of carbonyl (C=O) groups excluding carboxylic acids is 2. The molecule has 1 aromatic rings. The Kier molecular flexibility index (Phi) is 8.10. The van der Waals surface area contributed by atoms with Crippen molar-refractivity contribution < 1.29 is 23.7 Å². The molecule has 8 heteroatoms. The van der Waals surface area contributed by atoms with Crippen molar-refractivity contribution in [2.75, 3.05) is 0 Å². The lowest BCUT2D eigenvalue weighted by molar-refractivity contribution is -0.119. The third-order valence-corrected chi connectivity index (χ3v) is 5.01. The molecule has 2 atom stereocenters. The highest BCUT2D eigenvalue weighted by Gasteiger charge is 2.34. The maximum Gasteiger partial charge on any atom is 0.458 e. The molecule has 27 heavy (non-hydrogen) atoms. The summed E-state index contributed by atoms with van der Waals surface area (Å²) in [4.78, 5) is 23.7. The molecule has 0 aromatic heterocycles. The quantitative estimate of drug-likeness (QED) is 0.593. The first-order valence-electron chi connectivity index (χ1n) is 9.39. The lowest BCUT2D eigenvalue weighted by Gasteiger charge is -2.19. The van der Waals surface area contributed by atoms with Crippen LogP contribution in [-0.4, -0.2) is 29.8 Å². The number of hydrogen-bond donors (Lipinski definition) is 3. The molecule has 0 aliphatic carbocycles. The molecule has 1 fully saturated rings. The second kappa shape index (κ2) is 10.1. The average Bonchev–Trinajstić information content (AvgIpc) is 2.75. The Morgan fingerprint density at radius 1 is 1.26 bits per heavy atom. The van der Waals surface area contributed by atoms with E-state index >= 15 is 0 Å². The number of halogens is 1. The van der Waals surface area contributed by atoms with Crippen molar-refractivity contribution in [3.8, 4) is 0 Å². The topological polar surface area (TPSA) is 116 Å². The number of carbonyl (C=O) groups is 2. The van der Waals surface area contributed by atoms with Gasteiger partial charge < -0.3 is 21.1 Å². The first-order chi connectivity index (χ1) is 12.8. The summed E-state index contributed by atoms with van der Waals surface area (Å²) in [6.07, 6.45) is 2.29. The molecule has 0 radical (unpaired) electrons. The van der Waals surface area contributed by atoms with Crippen molar-refractivity contribution in [2.45, 2.75) is 70.5 Å². The Morgan fingerprint density at radius 3 is 2.63 bits per heavy atom. The maximum absolute atomic E-state index is 14.1. The molecule has 1 aliphatic heterocycles. The number of ketones is 2. The van der Waals surface area contributed by atoms with Gasteiger partial charge in [0.15, 0.2) is 0 Å². The molecule has 1 aromatic carbocycles. The summed E-state index contributed by atoms with van der Waals surface area (Å²) >= 11 is 0. The van der Waals surface area contributed by atoms with E-state index in [1.54, 1.807) is 6.07 Å². The van der Waals surface area contributed by atoms with Gasteiger partial charge in [0.2, 0.25) is 0 Å². The van der Waals surface area contributed by atoms with Gasteiger partial charge in [-0.1, -0.05) is 18.9 Å². The summed E-state index contributed by atoms with van der Waals surface area (Å²) in [6, 6.07) is 3.04. The number of hydrogen-bond acceptors (Lipinski definition) is 6. The van der Waals surface area contributed by atoms with E-state index in [1.165, 1.54) is 13.0 Å². The van der Waals surface area contributed by atoms with E-state index in [2.05, 4.69) is 0 Å². The number of nitrogens with two attached hydrogens (primary N) is 2. The van der Waals surface area contributed by atoms with Crippen molar-refractivity contribution in [2.24, 2.45) is 11.5 Å². The van der Waals surface area contributed by atoms with Crippen LogP contribution in [0.2, 0.25) is 5.82 Å². The van der Waals surface area contributed by atoms with Gasteiger partial charge in [-0.05, 0) is 30.5 Å². The molecule has 0 amide bonds. The molecule has 1 heterocycles. The molecule has 0 bridgehead atoms. The highest BCUT2D eigenvalue weighted by molar-refractivity contribution is 6.45. The van der Waals surface area contributed by atoms with Crippen LogP contribution in [0.1, 0.15) is 55.7 Å². The number of benzene rings is 1. The van der Waals surface area contributed by atoms with E-state index in [0.29, 0.717) is 29.5 Å². The molecular weight excluding hydrogens is 350 g/mol. The fourth-order valence-electron chi connectivity index (χ4n) is 3.66. The molecule has 1 saturated heterocycles. The van der Waals surface area contributed by atoms with E-state index in [4.69, 9.17) is 16.1 Å². The van der Waals surface area contributed by atoms with Crippen LogP contribution in [0.4, 0.5) is 4.39 Å². The van der Waals surface area contributed by atoms with Crippen LogP contribution in [0.3, 0.4) is 0 Å². The maximum atomic E-state index is 14.1. The van der Waals surface area contributed by atoms with E-state index < -0.39 is 12.9 Å². The van der Waals surface area contributed by atoms with Crippen molar-refractivity contribution in [3.63, 3.8) is 0 Å². The molecular formula is C19H28BFN2O4. The van der Waals surface area contributed by atoms with Gasteiger partial charge in [-0.15, -0.1) is 0 Å². The highest BCUT2D eigenvalue weighted by Crippen LogP contribution is 2.30. The van der Waals surface area contributed by atoms with Gasteiger partial charge in [0, 0.05) is 49.8 Å². The minimum Gasteiger partial charge on any atom is -0.427 e. The Morgan fingerprint density at radius 2 is 2.00 bits per heavy atom. The zero-order valence-electron chi connectivity index (χ0n) is 15.7. The largest absolute Gasteiger partial charge is 0.458 e. The molecule has 1 aliphatic rings. The van der Waals surface area contributed by atoms with Crippen molar-refractivity contribution >= 4 is 18.7 Å². The minimum atomic E-state index is -1.07. The number of Topliss-reactive ketones (excluding diaryl/α,β-unsaturated/α-hetero) is 2. The zero-order chi connectivity index (χ0) is 20.0. The van der Waals surface area contributed by atoms with Gasteiger partial charge >= 0.3 is 7.12 Å². The SMILES string of the molecule is CC(=O)C[C@H]1CCC[C@H](CC(=O)Cc2cc(F)c(CN)c(CN)c2)B(O)O1. The first-order valence-corrected chi connectivity index (χ1v) is 9.39. The average molecular weight is 378 g/mol. The standard InChI is InChI=1S/C19H28BFN2O4/c1-12(24)5-17-4-2-3-15(20(26)27-17)9-16(25)7-13-6-14(10-22)18(11-23)19(21)8-13/h6,8,15,17,26H,2-5,7,9-11,22-23H2,1H3/t15-,17-/m1/s1. The van der Waals surface area contributed by atoms with Crippen LogP contribution in [-0.2, 0) is 33.8 Å². The monoisotopic (exact) mass is 378 g/mol. The fraction of sp³-hybridized carbons (Fsp3) is 0.579. The predicted octanol–water partition coefficient (Wildman–Crippen LogP) is 1.64. The van der Waals surface area contributed by atoms with Crippen LogP contribution in [0.15, 0.2) is 12.1 Å². The second-order valence-electron chi connectivity index (χ2n) is 7.29. The Bertz CT molecular complexity index is 686. The zero-order valence-corrected chi connectivity index (χ0v) is 15.7. The summed E-state index contributed by atoms with van der Waals surface area (Å²) in [5, 5.41) is 10.3. The van der Waals surface area contributed by atoms with E-state index in [-0.39, 0.29) is 55.8 Å². The van der Waals surface area contributed by atoms with Crippen molar-refractivity contribution in [1.82, 2.24) is 0 Å². The van der Waals surface area contributed by atoms with E-state index in [0.717, 1.165) is 6.42 Å². The summed E-state index contributed by atoms with van der Waals surface area (Å²) in [5.41, 5.74) is 12.7. The molecule has 0 spiro atoms. The van der Waals surface area contributed by atoms with E-state index in [9.17, 15) is 19.0 Å². The lowest BCUT2D eigenvalue weighted by Crippen LogP contribution is -2.30. The Hall–Kier alpha value is -1.61. The first kappa shape index (κ1) is 21.7. The predicted molar refractivity (Wildman–Crippen MR) is 101 cm³/mol. The van der Waals surface area contributed by atoms with Gasteiger partial charge in [-0.25, -0.2) is 4.39 Å². The second-order valence-corrected chi connectivity index (χ2v) is 7.29. The summed E-state index contributed by atoms with van der Waals surface area (Å²) in [6.45, 7) is 1.70. The Labute approximate surface area is 159 Å². The molecule has 0 unspecified atom stereocenters. The lowest BCUT2D eigenvalue weighted by atomic mass is 9.67. The smallest absolute Gasteiger partial charge is 0.427 e. The van der Waals surface area contributed by atoms with Crippen LogP contribution < -0.4 is 11.5 Å². The molecule has 6 nitrogen and oxygen atoms in total. The van der Waals surface area contributed by atoms with Gasteiger partial charge in [-0.2, -0.15) is 0 Å². The van der Waals surface area contributed by atoms with Crippen LogP contribution in [0.25, 0.3) is 0 Å². The van der Waals surface area contributed by atoms with Crippen molar-refractivity contribution in [3.05, 3.63) is 34.6 Å². The summed E-state index contributed by atoms with van der Waals surface area (Å²) < 4.78 is 19.7. The summed E-state index contributed by atoms with van der Waals surface area (Å²) in [5.74, 6) is -0.860. The Balaban J connectivity index is 1.99. The third-order valence-electron chi connectivity index (χ3n) is 5.01. The van der Waals surface area contributed by atoms with Crippen molar-refractivity contribution in [1.29, 1.82) is 0 Å². The van der Waals surface area contributed by atoms with Gasteiger partial charge in [0.1, 0.15) is 17.4 Å². The normalized spacial score (nSPS) is 20.4. The third kappa shape index (κ3) is 6.21. The molecule has 5 N–H and O–H groups in total. The molecule has 0 saturated carbocycles. The van der Waals surface area contributed by atoms with Gasteiger partial charge in [0.05, 0.1) is 0 Å². The van der Waals surface area contributed by atoms with Crippen LogP contribution in [0, 0.1) is 5.82 Å². The van der Waals surface area contributed by atoms with Gasteiger partial charge in [0.25, 0.3) is 0 Å². The van der Waals surface area contributed by atoms with Gasteiger partial charge in [-0.3, -0.25) is 9.59 Å². The highest BCUT2D eigenvalue weighted by atomic mass is 19.1. The molecule has 2 rings (SSSR count). The summed E-state index contributed by atoms with van der Waals surface area (Å²) in [7, 11) is -1.07. The molecule has 148 valence electrons. The van der Waals surface area contributed by atoms with Crippen LogP contribution >= 0.6 is 0 Å². The minimum absolute atomic E-state index is 0.0142. The number of rotatable bonds is 8. The fourth-order valence-corrected chi connectivity index (χ4v) is 3.66. The van der Waals surface area contributed by atoms with E-state index in [1.807, 2.05) is 0 Å².